The van der Waals surface area contributed by atoms with Crippen molar-refractivity contribution in [2.24, 2.45) is 7.05 Å². The van der Waals surface area contributed by atoms with Crippen LogP contribution in [0.3, 0.4) is 0 Å². The average Bonchev–Trinajstić information content (AvgIpc) is 2.81. The lowest BCUT2D eigenvalue weighted by Gasteiger charge is -2.05. The second-order valence-corrected chi connectivity index (χ2v) is 4.98. The first kappa shape index (κ1) is 13.1. The number of anilines is 1. The van der Waals surface area contributed by atoms with E-state index in [1.165, 1.54) is 5.56 Å². The molecule has 0 unspecified atom stereocenters. The van der Waals surface area contributed by atoms with E-state index in [1.54, 1.807) is 18.3 Å². The van der Waals surface area contributed by atoms with Gasteiger partial charge in [-0.05, 0) is 36.8 Å². The zero-order chi connectivity index (χ0) is 14.8. The van der Waals surface area contributed by atoms with Crippen molar-refractivity contribution < 1.29 is 0 Å². The van der Waals surface area contributed by atoms with E-state index < -0.39 is 0 Å². The Bertz CT molecular complexity index is 824. The molecule has 0 fully saturated rings. The fraction of sp³-hybridized carbons (Fsp3) is 0.188. The molecular weight excluding hydrogens is 262 g/mol. The third-order valence-electron chi connectivity index (χ3n) is 3.45. The molecule has 0 bridgehead atoms. The van der Waals surface area contributed by atoms with Crippen LogP contribution in [0, 0.1) is 18.3 Å². The zero-order valence-electron chi connectivity index (χ0n) is 12.0. The Morgan fingerprint density at radius 3 is 2.86 bits per heavy atom. The summed E-state index contributed by atoms with van der Waals surface area (Å²) in [6, 6.07) is 11.8. The van der Waals surface area contributed by atoms with E-state index >= 15 is 0 Å². The Morgan fingerprint density at radius 1 is 1.29 bits per heavy atom. The maximum absolute atomic E-state index is 8.75. The normalized spacial score (nSPS) is 10.5. The number of nitrogens with one attached hydrogen (secondary N) is 1. The van der Waals surface area contributed by atoms with Crippen LogP contribution >= 0.6 is 0 Å². The summed E-state index contributed by atoms with van der Waals surface area (Å²) < 4.78 is 2.07. The highest BCUT2D eigenvalue weighted by Crippen LogP contribution is 2.17. The first-order chi connectivity index (χ1) is 10.2. The Hall–Kier alpha value is -2.87. The molecule has 1 aromatic carbocycles. The molecule has 0 atom stereocenters. The summed E-state index contributed by atoms with van der Waals surface area (Å²) >= 11 is 0. The molecule has 104 valence electrons. The highest BCUT2D eigenvalue weighted by molar-refractivity contribution is 5.76. The quantitative estimate of drug-likeness (QED) is 0.799. The summed E-state index contributed by atoms with van der Waals surface area (Å²) in [5.74, 6) is 1.68. The van der Waals surface area contributed by atoms with Gasteiger partial charge in [0.1, 0.15) is 17.7 Å². The van der Waals surface area contributed by atoms with Crippen LogP contribution in [0.5, 0.6) is 0 Å². The van der Waals surface area contributed by atoms with Gasteiger partial charge in [-0.1, -0.05) is 6.07 Å². The second kappa shape index (κ2) is 5.25. The fourth-order valence-corrected chi connectivity index (χ4v) is 2.25. The van der Waals surface area contributed by atoms with Crippen molar-refractivity contribution in [2.75, 3.05) is 5.32 Å². The summed E-state index contributed by atoms with van der Waals surface area (Å²) in [5, 5.41) is 12.0. The minimum Gasteiger partial charge on any atom is -0.363 e. The molecule has 0 radical (unpaired) electrons. The summed E-state index contributed by atoms with van der Waals surface area (Å²) in [6.07, 6.45) is 1.56. The van der Waals surface area contributed by atoms with Gasteiger partial charge in [0, 0.05) is 13.2 Å². The number of benzene rings is 1. The topological polar surface area (TPSA) is 66.5 Å². The number of aromatic nitrogens is 3. The Morgan fingerprint density at radius 2 is 2.14 bits per heavy atom. The van der Waals surface area contributed by atoms with Gasteiger partial charge in [0.15, 0.2) is 0 Å². The molecule has 3 rings (SSSR count). The number of nitrogens with zero attached hydrogens (tertiary/aromatic N) is 4. The maximum Gasteiger partial charge on any atom is 0.129 e. The van der Waals surface area contributed by atoms with Crippen LogP contribution in [0.1, 0.15) is 17.0 Å². The fourth-order valence-electron chi connectivity index (χ4n) is 2.25. The number of fused-ring (bicyclic) bond motifs is 1. The third kappa shape index (κ3) is 2.56. The number of rotatable bonds is 3. The molecule has 5 heteroatoms. The molecule has 0 saturated carbocycles. The Kier molecular flexibility index (Phi) is 3.28. The van der Waals surface area contributed by atoms with E-state index in [-0.39, 0.29) is 0 Å². The predicted octanol–water partition coefficient (Wildman–Crippen LogP) is 2.76. The van der Waals surface area contributed by atoms with E-state index in [0.717, 1.165) is 22.7 Å². The largest absolute Gasteiger partial charge is 0.363 e. The lowest BCUT2D eigenvalue weighted by atomic mass is 10.2. The molecule has 0 aliphatic rings. The predicted molar refractivity (Wildman–Crippen MR) is 81.7 cm³/mol. The summed E-state index contributed by atoms with van der Waals surface area (Å²) in [7, 11) is 2.01. The highest BCUT2D eigenvalue weighted by atomic mass is 15.1. The van der Waals surface area contributed by atoms with Crippen LogP contribution < -0.4 is 5.32 Å². The van der Waals surface area contributed by atoms with Gasteiger partial charge in [-0.15, -0.1) is 0 Å². The summed E-state index contributed by atoms with van der Waals surface area (Å²) in [5.41, 5.74) is 3.87. The molecule has 2 heterocycles. The standard InChI is InChI=1S/C16H15N5/c1-11-3-5-14-13(7-11)20-16(21(14)2)10-19-15-6-4-12(8-17)9-18-15/h3-7,9H,10H2,1-2H3,(H,18,19). The minimum absolute atomic E-state index is 0.554. The van der Waals surface area contributed by atoms with Crippen molar-refractivity contribution in [3.63, 3.8) is 0 Å². The van der Waals surface area contributed by atoms with Crippen molar-refractivity contribution in [3.05, 3.63) is 53.5 Å². The Labute approximate surface area is 122 Å². The molecule has 1 N–H and O–H groups in total. The molecule has 2 aromatic heterocycles. The van der Waals surface area contributed by atoms with Gasteiger partial charge in [0.25, 0.3) is 0 Å². The number of pyridine rings is 1. The number of imidazole rings is 1. The van der Waals surface area contributed by atoms with Gasteiger partial charge in [0.2, 0.25) is 0 Å². The molecule has 5 nitrogen and oxygen atoms in total. The van der Waals surface area contributed by atoms with Crippen LogP contribution in [0.4, 0.5) is 5.82 Å². The van der Waals surface area contributed by atoms with Gasteiger partial charge in [-0.25, -0.2) is 9.97 Å². The smallest absolute Gasteiger partial charge is 0.129 e. The van der Waals surface area contributed by atoms with Crippen molar-refractivity contribution in [1.29, 1.82) is 5.26 Å². The summed E-state index contributed by atoms with van der Waals surface area (Å²) in [4.78, 5) is 8.83. The molecule has 0 spiro atoms. The summed E-state index contributed by atoms with van der Waals surface area (Å²) in [6.45, 7) is 2.65. The van der Waals surface area contributed by atoms with E-state index in [9.17, 15) is 0 Å². The minimum atomic E-state index is 0.554. The third-order valence-corrected chi connectivity index (χ3v) is 3.45. The van der Waals surface area contributed by atoms with Gasteiger partial charge in [-0.2, -0.15) is 5.26 Å². The maximum atomic E-state index is 8.75. The van der Waals surface area contributed by atoms with Crippen molar-refractivity contribution >= 4 is 16.9 Å². The lowest BCUT2D eigenvalue weighted by Crippen LogP contribution is -2.06. The van der Waals surface area contributed by atoms with E-state index in [2.05, 4.69) is 51.0 Å². The SMILES string of the molecule is Cc1ccc2c(c1)nc(CNc1ccc(C#N)cn1)n2C. The van der Waals surface area contributed by atoms with E-state index in [1.807, 2.05) is 7.05 Å². The van der Waals surface area contributed by atoms with Crippen molar-refractivity contribution in [1.82, 2.24) is 14.5 Å². The van der Waals surface area contributed by atoms with Crippen LogP contribution in [-0.4, -0.2) is 14.5 Å². The first-order valence-corrected chi connectivity index (χ1v) is 6.69. The van der Waals surface area contributed by atoms with Crippen molar-refractivity contribution in [2.45, 2.75) is 13.5 Å². The van der Waals surface area contributed by atoms with Gasteiger partial charge in [-0.3, -0.25) is 0 Å². The number of nitriles is 1. The molecule has 0 aliphatic heterocycles. The molecular formula is C16H15N5. The number of hydrogen-bond donors (Lipinski definition) is 1. The molecule has 0 amide bonds. The second-order valence-electron chi connectivity index (χ2n) is 4.98. The molecule has 0 aliphatic carbocycles. The zero-order valence-corrected chi connectivity index (χ0v) is 12.0. The monoisotopic (exact) mass is 277 g/mol. The highest BCUT2D eigenvalue weighted by Gasteiger charge is 2.07. The number of aryl methyl sites for hydroxylation is 2. The van der Waals surface area contributed by atoms with Gasteiger partial charge >= 0.3 is 0 Å². The van der Waals surface area contributed by atoms with Crippen LogP contribution in [0.25, 0.3) is 11.0 Å². The van der Waals surface area contributed by atoms with Crippen LogP contribution in [-0.2, 0) is 13.6 Å². The average molecular weight is 277 g/mol. The molecule has 21 heavy (non-hydrogen) atoms. The van der Waals surface area contributed by atoms with E-state index in [0.29, 0.717) is 12.1 Å². The lowest BCUT2D eigenvalue weighted by molar-refractivity contribution is 0.832. The molecule has 0 saturated heterocycles. The van der Waals surface area contributed by atoms with Gasteiger partial charge in [0.05, 0.1) is 23.1 Å². The van der Waals surface area contributed by atoms with Gasteiger partial charge < -0.3 is 9.88 Å². The molecule has 3 aromatic rings. The van der Waals surface area contributed by atoms with E-state index in [4.69, 9.17) is 5.26 Å². The van der Waals surface area contributed by atoms with Crippen LogP contribution in [0.15, 0.2) is 36.5 Å². The Balaban J connectivity index is 1.81. The number of hydrogen-bond acceptors (Lipinski definition) is 4. The first-order valence-electron chi connectivity index (χ1n) is 6.69. The van der Waals surface area contributed by atoms with Crippen molar-refractivity contribution in [3.8, 4) is 6.07 Å². The van der Waals surface area contributed by atoms with Crippen LogP contribution in [0.2, 0.25) is 0 Å².